The van der Waals surface area contributed by atoms with Crippen molar-refractivity contribution in [1.29, 1.82) is 0 Å². The molecule has 0 radical (unpaired) electrons. The lowest BCUT2D eigenvalue weighted by molar-refractivity contribution is -0.134. The molecule has 0 heterocycles. The Morgan fingerprint density at radius 3 is 2.53 bits per heavy atom. The van der Waals surface area contributed by atoms with E-state index < -0.39 is 0 Å². The number of nitrogens with zero attached hydrogens (tertiary/aromatic N) is 1. The number of halogens is 1. The number of benzene rings is 1. The SMILES string of the molecule is CC(C)N(C(=O)CCOc1ccc(F)cc1)C1CC1. The molecule has 1 aliphatic carbocycles. The molecule has 0 atom stereocenters. The second-order valence-electron chi connectivity index (χ2n) is 5.18. The molecule has 1 aliphatic rings. The maximum Gasteiger partial charge on any atom is 0.226 e. The molecule has 1 aromatic rings. The van der Waals surface area contributed by atoms with Gasteiger partial charge in [0.05, 0.1) is 13.0 Å². The van der Waals surface area contributed by atoms with Gasteiger partial charge in [-0.1, -0.05) is 0 Å². The maximum absolute atomic E-state index is 12.7. The van der Waals surface area contributed by atoms with Gasteiger partial charge in [-0.3, -0.25) is 4.79 Å². The molecule has 0 saturated heterocycles. The molecule has 0 bridgehead atoms. The zero-order valence-electron chi connectivity index (χ0n) is 11.4. The van der Waals surface area contributed by atoms with E-state index >= 15 is 0 Å². The lowest BCUT2D eigenvalue weighted by Gasteiger charge is -2.26. The van der Waals surface area contributed by atoms with E-state index in [1.807, 2.05) is 18.7 Å². The molecule has 104 valence electrons. The van der Waals surface area contributed by atoms with Gasteiger partial charge in [-0.15, -0.1) is 0 Å². The van der Waals surface area contributed by atoms with Crippen LogP contribution in [0.3, 0.4) is 0 Å². The van der Waals surface area contributed by atoms with Crippen LogP contribution in [0.1, 0.15) is 33.1 Å². The number of ether oxygens (including phenoxy) is 1. The van der Waals surface area contributed by atoms with Crippen LogP contribution < -0.4 is 4.74 Å². The summed E-state index contributed by atoms with van der Waals surface area (Å²) in [5.74, 6) is 0.444. The van der Waals surface area contributed by atoms with Crippen molar-refractivity contribution in [2.24, 2.45) is 0 Å². The average Bonchev–Trinajstić information content (AvgIpc) is 3.16. The fraction of sp³-hybridized carbons (Fsp3) is 0.533. The van der Waals surface area contributed by atoms with Crippen molar-refractivity contribution in [3.05, 3.63) is 30.1 Å². The zero-order valence-corrected chi connectivity index (χ0v) is 11.4. The molecule has 1 saturated carbocycles. The quantitative estimate of drug-likeness (QED) is 0.791. The van der Waals surface area contributed by atoms with Crippen LogP contribution in [0.5, 0.6) is 5.75 Å². The van der Waals surface area contributed by atoms with Gasteiger partial charge >= 0.3 is 0 Å². The minimum atomic E-state index is -0.289. The van der Waals surface area contributed by atoms with E-state index in [1.54, 1.807) is 12.1 Å². The van der Waals surface area contributed by atoms with Gasteiger partial charge in [0.15, 0.2) is 0 Å². The van der Waals surface area contributed by atoms with Crippen molar-refractivity contribution >= 4 is 5.91 Å². The predicted octanol–water partition coefficient (Wildman–Crippen LogP) is 2.99. The van der Waals surface area contributed by atoms with Gasteiger partial charge in [-0.05, 0) is 51.0 Å². The monoisotopic (exact) mass is 265 g/mol. The first-order chi connectivity index (χ1) is 9.08. The molecular formula is C15H20FNO2. The average molecular weight is 265 g/mol. The van der Waals surface area contributed by atoms with Gasteiger partial charge in [-0.25, -0.2) is 4.39 Å². The Kier molecular flexibility index (Phi) is 4.40. The first kappa shape index (κ1) is 13.8. The van der Waals surface area contributed by atoms with Gasteiger partial charge in [0, 0.05) is 12.1 Å². The van der Waals surface area contributed by atoms with E-state index in [2.05, 4.69) is 0 Å². The number of rotatable bonds is 6. The van der Waals surface area contributed by atoms with Crippen LogP contribution in [-0.4, -0.2) is 29.5 Å². The van der Waals surface area contributed by atoms with Crippen molar-refractivity contribution in [2.75, 3.05) is 6.61 Å². The van der Waals surface area contributed by atoms with Crippen LogP contribution in [0.4, 0.5) is 4.39 Å². The fourth-order valence-corrected chi connectivity index (χ4v) is 2.18. The predicted molar refractivity (Wildman–Crippen MR) is 71.5 cm³/mol. The summed E-state index contributed by atoms with van der Waals surface area (Å²) in [4.78, 5) is 14.0. The molecule has 4 heteroatoms. The summed E-state index contributed by atoms with van der Waals surface area (Å²) in [5.41, 5.74) is 0. The molecule has 0 aliphatic heterocycles. The third kappa shape index (κ3) is 3.94. The summed E-state index contributed by atoms with van der Waals surface area (Å²) in [7, 11) is 0. The van der Waals surface area contributed by atoms with E-state index in [0.29, 0.717) is 24.8 Å². The summed E-state index contributed by atoms with van der Waals surface area (Å²) in [6.07, 6.45) is 2.59. The number of carbonyl (C=O) groups is 1. The van der Waals surface area contributed by atoms with E-state index in [9.17, 15) is 9.18 Å². The van der Waals surface area contributed by atoms with Crippen LogP contribution in [0.2, 0.25) is 0 Å². The van der Waals surface area contributed by atoms with E-state index in [0.717, 1.165) is 12.8 Å². The second kappa shape index (κ2) is 6.04. The highest BCUT2D eigenvalue weighted by Gasteiger charge is 2.33. The number of amides is 1. The second-order valence-corrected chi connectivity index (χ2v) is 5.18. The number of hydrogen-bond donors (Lipinski definition) is 0. The highest BCUT2D eigenvalue weighted by atomic mass is 19.1. The normalized spacial score (nSPS) is 14.5. The molecule has 1 amide bonds. The minimum absolute atomic E-state index is 0.139. The third-order valence-electron chi connectivity index (χ3n) is 3.18. The topological polar surface area (TPSA) is 29.5 Å². The van der Waals surface area contributed by atoms with E-state index in [-0.39, 0.29) is 17.8 Å². The Morgan fingerprint density at radius 1 is 1.37 bits per heavy atom. The van der Waals surface area contributed by atoms with Crippen LogP contribution >= 0.6 is 0 Å². The van der Waals surface area contributed by atoms with Gasteiger partial charge in [0.2, 0.25) is 5.91 Å². The molecule has 0 N–H and O–H groups in total. The Bertz CT molecular complexity index is 424. The van der Waals surface area contributed by atoms with Crippen LogP contribution in [-0.2, 0) is 4.79 Å². The fourth-order valence-electron chi connectivity index (χ4n) is 2.18. The molecule has 0 aromatic heterocycles. The molecule has 19 heavy (non-hydrogen) atoms. The Hall–Kier alpha value is -1.58. The summed E-state index contributed by atoms with van der Waals surface area (Å²) in [6.45, 7) is 4.41. The Morgan fingerprint density at radius 2 is 2.00 bits per heavy atom. The highest BCUT2D eigenvalue weighted by molar-refractivity contribution is 5.77. The highest BCUT2D eigenvalue weighted by Crippen LogP contribution is 2.29. The lowest BCUT2D eigenvalue weighted by atomic mass is 10.2. The van der Waals surface area contributed by atoms with Crippen molar-refractivity contribution in [3.63, 3.8) is 0 Å². The van der Waals surface area contributed by atoms with Crippen molar-refractivity contribution < 1.29 is 13.9 Å². The lowest BCUT2D eigenvalue weighted by Crippen LogP contribution is -2.39. The van der Waals surface area contributed by atoms with Gasteiger partial charge in [-0.2, -0.15) is 0 Å². The molecule has 3 nitrogen and oxygen atoms in total. The van der Waals surface area contributed by atoms with Crippen molar-refractivity contribution in [3.8, 4) is 5.75 Å². The summed E-state index contributed by atoms with van der Waals surface area (Å²) >= 11 is 0. The molecule has 1 aromatic carbocycles. The zero-order chi connectivity index (χ0) is 13.8. The Labute approximate surface area is 113 Å². The summed E-state index contributed by atoms with van der Waals surface area (Å²) < 4.78 is 18.2. The first-order valence-corrected chi connectivity index (χ1v) is 6.77. The first-order valence-electron chi connectivity index (χ1n) is 6.77. The molecule has 0 spiro atoms. The number of hydrogen-bond acceptors (Lipinski definition) is 2. The molecule has 1 fully saturated rings. The van der Waals surface area contributed by atoms with Crippen molar-refractivity contribution in [1.82, 2.24) is 4.90 Å². The maximum atomic E-state index is 12.7. The van der Waals surface area contributed by atoms with Crippen molar-refractivity contribution in [2.45, 2.75) is 45.2 Å². The van der Waals surface area contributed by atoms with Crippen LogP contribution in [0.25, 0.3) is 0 Å². The summed E-state index contributed by atoms with van der Waals surface area (Å²) in [6, 6.07) is 6.51. The third-order valence-corrected chi connectivity index (χ3v) is 3.18. The summed E-state index contributed by atoms with van der Waals surface area (Å²) in [5, 5.41) is 0. The Balaban J connectivity index is 1.78. The van der Waals surface area contributed by atoms with E-state index in [4.69, 9.17) is 4.74 Å². The smallest absolute Gasteiger partial charge is 0.226 e. The van der Waals surface area contributed by atoms with E-state index in [1.165, 1.54) is 12.1 Å². The molecule has 0 unspecified atom stereocenters. The number of carbonyl (C=O) groups excluding carboxylic acids is 1. The van der Waals surface area contributed by atoms with Crippen LogP contribution in [0, 0.1) is 5.82 Å². The van der Waals surface area contributed by atoms with Gasteiger partial charge in [0.1, 0.15) is 11.6 Å². The standard InChI is InChI=1S/C15H20FNO2/c1-11(2)17(13-5-6-13)15(18)9-10-19-14-7-3-12(16)4-8-14/h3-4,7-8,11,13H,5-6,9-10H2,1-2H3. The minimum Gasteiger partial charge on any atom is -0.493 e. The molecular weight excluding hydrogens is 245 g/mol. The molecule has 2 rings (SSSR count). The van der Waals surface area contributed by atoms with Crippen LogP contribution in [0.15, 0.2) is 24.3 Å². The largest absolute Gasteiger partial charge is 0.493 e. The van der Waals surface area contributed by atoms with Gasteiger partial charge in [0.25, 0.3) is 0 Å². The van der Waals surface area contributed by atoms with Gasteiger partial charge < -0.3 is 9.64 Å².